The van der Waals surface area contributed by atoms with Crippen molar-refractivity contribution in [1.82, 2.24) is 10.2 Å². The van der Waals surface area contributed by atoms with Crippen LogP contribution in [-0.4, -0.2) is 50.3 Å². The number of H-pyrrole nitrogens is 1. The highest BCUT2D eigenvalue weighted by atomic mass is 32.2. The summed E-state index contributed by atoms with van der Waals surface area (Å²) in [5.41, 5.74) is 0.109. The second-order valence-corrected chi connectivity index (χ2v) is 8.24. The Kier molecular flexibility index (Phi) is 5.46. The summed E-state index contributed by atoms with van der Waals surface area (Å²) >= 11 is 0. The van der Waals surface area contributed by atoms with Crippen LogP contribution in [0.5, 0.6) is 0 Å². The van der Waals surface area contributed by atoms with Gasteiger partial charge in [-0.05, 0) is 30.3 Å². The Morgan fingerprint density at radius 3 is 2.31 bits per heavy atom. The number of fused-ring (bicyclic) bond motifs is 1. The van der Waals surface area contributed by atoms with Crippen LogP contribution in [0.2, 0.25) is 0 Å². The van der Waals surface area contributed by atoms with Gasteiger partial charge in [-0.1, -0.05) is 18.2 Å². The van der Waals surface area contributed by atoms with Crippen molar-refractivity contribution in [3.63, 3.8) is 0 Å². The Labute approximate surface area is 166 Å². The maximum absolute atomic E-state index is 12.3. The van der Waals surface area contributed by atoms with Gasteiger partial charge in [0.1, 0.15) is 0 Å². The van der Waals surface area contributed by atoms with Crippen molar-refractivity contribution in [3.8, 4) is 0 Å². The first-order valence-electron chi connectivity index (χ1n) is 8.40. The molecule has 1 aromatic heterocycles. The summed E-state index contributed by atoms with van der Waals surface area (Å²) in [6.07, 6.45) is 1.07. The number of carbonyl (C=O) groups is 2. The lowest BCUT2D eigenvalue weighted by Gasteiger charge is -2.16. The molecule has 0 saturated carbocycles. The van der Waals surface area contributed by atoms with E-state index in [1.165, 1.54) is 31.3 Å². The summed E-state index contributed by atoms with van der Waals surface area (Å²) in [5, 5.41) is 6.56. The third kappa shape index (κ3) is 4.32. The minimum atomic E-state index is -3.42. The molecule has 0 unspecified atom stereocenters. The summed E-state index contributed by atoms with van der Waals surface area (Å²) in [6.45, 7) is -0.533. The van der Waals surface area contributed by atoms with Crippen LogP contribution in [-0.2, 0) is 14.8 Å². The first kappa shape index (κ1) is 20.2. The summed E-state index contributed by atoms with van der Waals surface area (Å²) < 4.78 is 29.2. The Hall–Kier alpha value is -3.53. The number of ketones is 1. The fourth-order valence-electron chi connectivity index (χ4n) is 2.60. The first-order chi connectivity index (χ1) is 13.7. The lowest BCUT2D eigenvalue weighted by Crippen LogP contribution is -2.24. The van der Waals surface area contributed by atoms with Gasteiger partial charge in [-0.2, -0.15) is 5.10 Å². The van der Waals surface area contributed by atoms with Crippen LogP contribution in [0, 0.1) is 0 Å². The fraction of sp³-hybridized carbons (Fsp3) is 0.158. The van der Waals surface area contributed by atoms with Crippen molar-refractivity contribution < 1.29 is 22.7 Å². The van der Waals surface area contributed by atoms with E-state index >= 15 is 0 Å². The number of benzene rings is 2. The molecule has 0 amide bonds. The predicted molar refractivity (Wildman–Crippen MR) is 107 cm³/mol. The number of aromatic nitrogens is 2. The summed E-state index contributed by atoms with van der Waals surface area (Å²) in [4.78, 5) is 36.4. The highest BCUT2D eigenvalue weighted by Crippen LogP contribution is 2.17. The molecule has 1 N–H and O–H groups in total. The van der Waals surface area contributed by atoms with Gasteiger partial charge in [0.25, 0.3) is 5.56 Å². The minimum absolute atomic E-state index is 0.0990. The number of sulfonamides is 1. The highest BCUT2D eigenvalue weighted by molar-refractivity contribution is 7.92. The Morgan fingerprint density at radius 2 is 1.69 bits per heavy atom. The summed E-state index contributed by atoms with van der Waals surface area (Å²) in [7, 11) is -2.02. The summed E-state index contributed by atoms with van der Waals surface area (Å²) in [5.74, 6) is -1.32. The largest absolute Gasteiger partial charge is 0.452 e. The molecule has 0 fully saturated rings. The molecule has 150 valence electrons. The number of ether oxygens (including phenoxy) is 1. The molecule has 2 aromatic carbocycles. The van der Waals surface area contributed by atoms with Crippen molar-refractivity contribution in [2.45, 2.75) is 0 Å². The topological polar surface area (TPSA) is 126 Å². The van der Waals surface area contributed by atoms with Crippen molar-refractivity contribution >= 4 is 38.2 Å². The van der Waals surface area contributed by atoms with Gasteiger partial charge >= 0.3 is 5.97 Å². The van der Waals surface area contributed by atoms with Gasteiger partial charge in [0, 0.05) is 18.0 Å². The van der Waals surface area contributed by atoms with Gasteiger partial charge in [0.05, 0.1) is 17.3 Å². The molecule has 0 aliphatic carbocycles. The smallest absolute Gasteiger partial charge is 0.359 e. The van der Waals surface area contributed by atoms with Gasteiger partial charge in [-0.15, -0.1) is 0 Å². The average molecular weight is 415 g/mol. The number of hydrogen-bond acceptors (Lipinski definition) is 7. The maximum atomic E-state index is 12.3. The molecule has 0 aliphatic heterocycles. The molecule has 3 aromatic rings. The second kappa shape index (κ2) is 7.84. The lowest BCUT2D eigenvalue weighted by atomic mass is 10.1. The number of nitrogens with one attached hydrogen (secondary N) is 1. The van der Waals surface area contributed by atoms with Gasteiger partial charge in [0.15, 0.2) is 18.1 Å². The van der Waals surface area contributed by atoms with Crippen molar-refractivity contribution in [3.05, 3.63) is 70.1 Å². The molecular formula is C19H17N3O6S. The number of anilines is 1. The molecule has 1 heterocycles. The lowest BCUT2D eigenvalue weighted by molar-refractivity contribution is 0.0470. The van der Waals surface area contributed by atoms with Crippen LogP contribution >= 0.6 is 0 Å². The number of rotatable bonds is 6. The molecule has 0 spiro atoms. The van der Waals surface area contributed by atoms with E-state index in [1.54, 1.807) is 24.3 Å². The number of Topliss-reactive ketones (excluding diaryl/α,β-unsaturated/α-hetero) is 1. The second-order valence-electron chi connectivity index (χ2n) is 6.22. The van der Waals surface area contributed by atoms with Crippen LogP contribution in [0.1, 0.15) is 20.8 Å². The van der Waals surface area contributed by atoms with E-state index in [9.17, 15) is 22.8 Å². The minimum Gasteiger partial charge on any atom is -0.452 e. The molecule has 0 aliphatic rings. The number of aromatic amines is 1. The highest BCUT2D eigenvalue weighted by Gasteiger charge is 2.18. The fourth-order valence-corrected chi connectivity index (χ4v) is 3.11. The zero-order valence-electron chi connectivity index (χ0n) is 15.6. The molecule has 10 heteroatoms. The van der Waals surface area contributed by atoms with Gasteiger partial charge in [-0.25, -0.2) is 18.3 Å². The standard InChI is InChI=1S/C19H17N3O6S/c1-22(29(2,26)27)13-9-7-12(8-10-13)16(23)11-28-19(25)17-14-5-3-4-6-15(14)18(24)21-20-17/h3-10H,11H2,1-2H3,(H,21,24). The SMILES string of the molecule is CN(c1ccc(C(=O)COC(=O)c2n[nH]c(=O)c3ccccc23)cc1)S(C)(=O)=O. The zero-order chi connectivity index (χ0) is 21.2. The molecule has 0 atom stereocenters. The van der Waals surface area contributed by atoms with Crippen LogP contribution in [0.3, 0.4) is 0 Å². The van der Waals surface area contributed by atoms with E-state index < -0.39 is 33.9 Å². The third-order valence-corrected chi connectivity index (χ3v) is 5.48. The number of nitrogens with zero attached hydrogens (tertiary/aromatic N) is 2. The van der Waals surface area contributed by atoms with Crippen molar-refractivity contribution in [2.24, 2.45) is 0 Å². The summed E-state index contributed by atoms with van der Waals surface area (Å²) in [6, 6.07) is 12.3. The van der Waals surface area contributed by atoms with Crippen LogP contribution in [0.25, 0.3) is 10.8 Å². The van der Waals surface area contributed by atoms with Crippen molar-refractivity contribution in [1.29, 1.82) is 0 Å². The zero-order valence-corrected chi connectivity index (χ0v) is 16.4. The molecule has 0 bridgehead atoms. The molecule has 29 heavy (non-hydrogen) atoms. The molecule has 9 nitrogen and oxygen atoms in total. The van der Waals surface area contributed by atoms with Crippen molar-refractivity contribution in [2.75, 3.05) is 24.2 Å². The van der Waals surface area contributed by atoms with Gasteiger partial charge in [0.2, 0.25) is 10.0 Å². The van der Waals surface area contributed by atoms with E-state index in [1.807, 2.05) is 0 Å². The number of esters is 1. The Balaban J connectivity index is 1.72. The predicted octanol–water partition coefficient (Wildman–Crippen LogP) is 1.36. The van der Waals surface area contributed by atoms with Gasteiger partial charge in [-0.3, -0.25) is 13.9 Å². The van der Waals surface area contributed by atoms with Crippen LogP contribution in [0.15, 0.2) is 53.3 Å². The number of carbonyl (C=O) groups excluding carboxylic acids is 2. The molecule has 0 radical (unpaired) electrons. The Morgan fingerprint density at radius 1 is 1.07 bits per heavy atom. The molecule has 3 rings (SSSR count). The normalized spacial score (nSPS) is 11.2. The van der Waals surface area contributed by atoms with Gasteiger partial charge < -0.3 is 4.74 Å². The van der Waals surface area contributed by atoms with Crippen LogP contribution in [0.4, 0.5) is 5.69 Å². The maximum Gasteiger partial charge on any atom is 0.359 e. The monoisotopic (exact) mass is 415 g/mol. The molecular weight excluding hydrogens is 398 g/mol. The average Bonchev–Trinajstić information content (AvgIpc) is 2.71. The molecule has 0 saturated heterocycles. The Bertz CT molecular complexity index is 1250. The first-order valence-corrected chi connectivity index (χ1v) is 10.2. The van der Waals surface area contributed by atoms with E-state index in [0.29, 0.717) is 11.1 Å². The van der Waals surface area contributed by atoms with E-state index in [-0.39, 0.29) is 16.6 Å². The third-order valence-electron chi connectivity index (χ3n) is 4.27. The van der Waals surface area contributed by atoms with E-state index in [0.717, 1.165) is 10.6 Å². The van der Waals surface area contributed by atoms with Crippen LogP contribution < -0.4 is 9.86 Å². The quantitative estimate of drug-likeness (QED) is 0.476. The van der Waals surface area contributed by atoms with E-state index in [2.05, 4.69) is 10.2 Å². The van der Waals surface area contributed by atoms with E-state index in [4.69, 9.17) is 4.74 Å². The number of hydrogen-bond donors (Lipinski definition) is 1.